The molecule has 0 radical (unpaired) electrons. The van der Waals surface area contributed by atoms with Crippen LogP contribution in [0.25, 0.3) is 0 Å². The van der Waals surface area contributed by atoms with E-state index in [9.17, 15) is 4.79 Å². The largest absolute Gasteiger partial charge is 0.368 e. The Morgan fingerprint density at radius 3 is 2.21 bits per heavy atom. The van der Waals surface area contributed by atoms with Crippen LogP contribution in [-0.2, 0) is 9.53 Å². The number of likely N-dealkylation sites (N-methyl/N-ethyl adjacent to an activating group) is 1. The third kappa shape index (κ3) is 1.93. The Morgan fingerprint density at radius 1 is 1.05 bits per heavy atom. The van der Waals surface area contributed by atoms with Gasteiger partial charge < -0.3 is 9.64 Å². The summed E-state index contributed by atoms with van der Waals surface area (Å²) in [6.07, 6.45) is 8.82. The minimum absolute atomic E-state index is 0.137. The number of hydrogen-bond donors (Lipinski definition) is 0. The average Bonchev–Trinajstić information content (AvgIpc) is 2.90. The summed E-state index contributed by atoms with van der Waals surface area (Å²) in [5.74, 6) is 3.78. The van der Waals surface area contributed by atoms with Gasteiger partial charge in [-0.15, -0.1) is 0 Å². The van der Waals surface area contributed by atoms with E-state index in [0.29, 0.717) is 6.04 Å². The Balaban J connectivity index is 1.50. The van der Waals surface area contributed by atoms with Gasteiger partial charge in [-0.05, 0) is 68.6 Å². The molecule has 106 valence electrons. The van der Waals surface area contributed by atoms with Gasteiger partial charge in [-0.25, -0.2) is 0 Å². The number of rotatable bonds is 2. The van der Waals surface area contributed by atoms with E-state index in [0.717, 1.165) is 43.1 Å². The standard InChI is InChI=1S/C16H25NO2/c1-17(16(18)14-3-2-4-19-14)15-12-6-10-5-11(8-12)9-13(15)7-10/h10-15H,2-9H2,1H3. The van der Waals surface area contributed by atoms with Crippen LogP contribution in [-0.4, -0.2) is 36.6 Å². The molecule has 5 fully saturated rings. The lowest BCUT2D eigenvalue weighted by Gasteiger charge is -2.56. The first-order valence-electron chi connectivity index (χ1n) is 8.10. The molecule has 1 aliphatic heterocycles. The Labute approximate surface area is 115 Å². The summed E-state index contributed by atoms with van der Waals surface area (Å²) in [5.41, 5.74) is 0. The Kier molecular flexibility index (Phi) is 2.87. The van der Waals surface area contributed by atoms with Crippen molar-refractivity contribution < 1.29 is 9.53 Å². The van der Waals surface area contributed by atoms with Crippen LogP contribution in [0, 0.1) is 23.7 Å². The molecule has 4 aliphatic carbocycles. The third-order valence-electron chi connectivity index (χ3n) is 6.18. The van der Waals surface area contributed by atoms with E-state index in [4.69, 9.17) is 4.74 Å². The van der Waals surface area contributed by atoms with Crippen LogP contribution in [0.5, 0.6) is 0 Å². The summed E-state index contributed by atoms with van der Waals surface area (Å²) >= 11 is 0. The summed E-state index contributed by atoms with van der Waals surface area (Å²) in [6.45, 7) is 0.770. The number of amides is 1. The van der Waals surface area contributed by atoms with E-state index in [1.807, 2.05) is 7.05 Å². The van der Waals surface area contributed by atoms with Crippen LogP contribution >= 0.6 is 0 Å². The number of carbonyl (C=O) groups is 1. The van der Waals surface area contributed by atoms with E-state index in [2.05, 4.69) is 4.90 Å². The van der Waals surface area contributed by atoms with Crippen LogP contribution in [0.2, 0.25) is 0 Å². The molecule has 4 bridgehead atoms. The van der Waals surface area contributed by atoms with Gasteiger partial charge in [-0.3, -0.25) is 4.79 Å². The molecule has 0 N–H and O–H groups in total. The van der Waals surface area contributed by atoms with Crippen LogP contribution in [0.4, 0.5) is 0 Å². The molecular formula is C16H25NO2. The quantitative estimate of drug-likeness (QED) is 0.766. The lowest BCUT2D eigenvalue weighted by atomic mass is 9.54. The maximum absolute atomic E-state index is 12.6. The molecule has 1 heterocycles. The molecule has 5 rings (SSSR count). The van der Waals surface area contributed by atoms with Crippen molar-refractivity contribution >= 4 is 5.91 Å². The number of carbonyl (C=O) groups excluding carboxylic acids is 1. The molecule has 1 atom stereocenters. The second kappa shape index (κ2) is 4.47. The monoisotopic (exact) mass is 263 g/mol. The minimum Gasteiger partial charge on any atom is -0.368 e. The molecular weight excluding hydrogens is 238 g/mol. The van der Waals surface area contributed by atoms with Crippen molar-refractivity contribution in [3.05, 3.63) is 0 Å². The molecule has 0 aromatic rings. The highest BCUT2D eigenvalue weighted by atomic mass is 16.5. The normalized spacial score (nSPS) is 47.6. The second-order valence-corrected chi connectivity index (χ2v) is 7.37. The average molecular weight is 263 g/mol. The van der Waals surface area contributed by atoms with Gasteiger partial charge in [0.15, 0.2) is 0 Å². The van der Waals surface area contributed by atoms with E-state index in [1.54, 1.807) is 0 Å². The van der Waals surface area contributed by atoms with Crippen LogP contribution in [0.3, 0.4) is 0 Å². The molecule has 4 saturated carbocycles. The van der Waals surface area contributed by atoms with E-state index >= 15 is 0 Å². The van der Waals surface area contributed by atoms with Gasteiger partial charge in [0.1, 0.15) is 6.10 Å². The Bertz CT molecular complexity index is 347. The first kappa shape index (κ1) is 12.2. The van der Waals surface area contributed by atoms with Crippen LogP contribution in [0.1, 0.15) is 44.9 Å². The van der Waals surface area contributed by atoms with E-state index < -0.39 is 0 Å². The first-order chi connectivity index (χ1) is 9.22. The number of hydrogen-bond acceptors (Lipinski definition) is 2. The molecule has 0 spiro atoms. The highest BCUT2D eigenvalue weighted by Crippen LogP contribution is 2.55. The Hall–Kier alpha value is -0.570. The second-order valence-electron chi connectivity index (χ2n) is 7.37. The summed E-state index contributed by atoms with van der Waals surface area (Å²) in [4.78, 5) is 14.7. The van der Waals surface area contributed by atoms with Crippen molar-refractivity contribution in [3.63, 3.8) is 0 Å². The summed E-state index contributed by atoms with van der Waals surface area (Å²) in [7, 11) is 2.04. The van der Waals surface area contributed by atoms with Crippen LogP contribution in [0.15, 0.2) is 0 Å². The summed E-state index contributed by atoms with van der Waals surface area (Å²) < 4.78 is 5.59. The molecule has 1 amide bonds. The third-order valence-corrected chi connectivity index (χ3v) is 6.18. The summed E-state index contributed by atoms with van der Waals surface area (Å²) in [6, 6.07) is 0.518. The van der Waals surface area contributed by atoms with Crippen LogP contribution < -0.4 is 0 Å². The molecule has 19 heavy (non-hydrogen) atoms. The molecule has 0 aromatic carbocycles. The number of ether oxygens (including phenoxy) is 1. The van der Waals surface area contributed by atoms with Gasteiger partial charge in [0, 0.05) is 19.7 Å². The van der Waals surface area contributed by atoms with Crippen molar-refractivity contribution in [2.45, 2.75) is 57.1 Å². The highest BCUT2D eigenvalue weighted by molar-refractivity contribution is 5.81. The fourth-order valence-electron chi connectivity index (χ4n) is 5.68. The fourth-order valence-corrected chi connectivity index (χ4v) is 5.68. The first-order valence-corrected chi connectivity index (χ1v) is 8.10. The van der Waals surface area contributed by atoms with Gasteiger partial charge in [0.05, 0.1) is 0 Å². The van der Waals surface area contributed by atoms with Gasteiger partial charge in [-0.2, -0.15) is 0 Å². The van der Waals surface area contributed by atoms with Crippen molar-refractivity contribution in [1.82, 2.24) is 4.90 Å². The summed E-state index contributed by atoms with van der Waals surface area (Å²) in [5, 5.41) is 0. The molecule has 1 unspecified atom stereocenters. The zero-order chi connectivity index (χ0) is 13.0. The Morgan fingerprint density at radius 2 is 1.68 bits per heavy atom. The van der Waals surface area contributed by atoms with Gasteiger partial charge in [0.2, 0.25) is 0 Å². The molecule has 1 saturated heterocycles. The maximum Gasteiger partial charge on any atom is 0.251 e. The predicted molar refractivity (Wildman–Crippen MR) is 72.6 cm³/mol. The smallest absolute Gasteiger partial charge is 0.251 e. The van der Waals surface area contributed by atoms with Crippen molar-refractivity contribution in [2.24, 2.45) is 23.7 Å². The molecule has 3 nitrogen and oxygen atoms in total. The SMILES string of the molecule is CN(C(=O)C1CCCO1)C1C2CC3CC(C2)CC1C3. The predicted octanol–water partition coefficient (Wildman–Crippen LogP) is 2.45. The van der Waals surface area contributed by atoms with Crippen molar-refractivity contribution in [2.75, 3.05) is 13.7 Å². The lowest BCUT2D eigenvalue weighted by Crippen LogP contribution is -2.57. The maximum atomic E-state index is 12.6. The highest BCUT2D eigenvalue weighted by Gasteiger charge is 2.50. The van der Waals surface area contributed by atoms with Gasteiger partial charge in [-0.1, -0.05) is 0 Å². The van der Waals surface area contributed by atoms with Crippen molar-refractivity contribution in [1.29, 1.82) is 0 Å². The van der Waals surface area contributed by atoms with Crippen molar-refractivity contribution in [3.8, 4) is 0 Å². The topological polar surface area (TPSA) is 29.5 Å². The zero-order valence-electron chi connectivity index (χ0n) is 11.9. The van der Waals surface area contributed by atoms with E-state index in [-0.39, 0.29) is 12.0 Å². The molecule has 0 aromatic heterocycles. The fraction of sp³-hybridized carbons (Fsp3) is 0.938. The molecule has 3 heteroatoms. The molecule has 5 aliphatic rings. The zero-order valence-corrected chi connectivity index (χ0v) is 11.9. The minimum atomic E-state index is -0.137. The lowest BCUT2D eigenvalue weighted by molar-refractivity contribution is -0.150. The van der Waals surface area contributed by atoms with E-state index in [1.165, 1.54) is 32.1 Å². The number of nitrogens with zero attached hydrogens (tertiary/aromatic N) is 1. The van der Waals surface area contributed by atoms with Gasteiger partial charge in [0.25, 0.3) is 5.91 Å². The van der Waals surface area contributed by atoms with Gasteiger partial charge >= 0.3 is 0 Å².